The fourth-order valence-electron chi connectivity index (χ4n) is 1.88. The molecule has 1 aromatic carbocycles. The van der Waals surface area contributed by atoms with Crippen molar-refractivity contribution in [2.45, 2.75) is 32.2 Å². The van der Waals surface area contributed by atoms with Gasteiger partial charge in [-0.25, -0.2) is 4.98 Å². The summed E-state index contributed by atoms with van der Waals surface area (Å²) in [5.41, 5.74) is 8.01. The highest BCUT2D eigenvalue weighted by atomic mass is 32.2. The number of rotatable bonds is 6. The molecule has 0 spiro atoms. The molecule has 0 unspecified atom stereocenters. The summed E-state index contributed by atoms with van der Waals surface area (Å²) in [6.45, 7) is 4.05. The lowest BCUT2D eigenvalue weighted by Gasteiger charge is -2.11. The number of aromatic nitrogens is 1. The number of amides is 1. The van der Waals surface area contributed by atoms with Gasteiger partial charge in [0.15, 0.2) is 11.5 Å². The van der Waals surface area contributed by atoms with Crippen molar-refractivity contribution < 1.29 is 9.21 Å². The molecule has 0 bridgehead atoms. The second-order valence-corrected chi connectivity index (χ2v) is 6.25. The molecule has 114 valence electrons. The molecular formula is C15H21N3O2S. The van der Waals surface area contributed by atoms with E-state index in [1.807, 2.05) is 32.2 Å². The summed E-state index contributed by atoms with van der Waals surface area (Å²) in [4.78, 5) is 16.4. The van der Waals surface area contributed by atoms with Crippen molar-refractivity contribution in [2.75, 3.05) is 17.3 Å². The normalized spacial score (nSPS) is 12.8. The molecule has 3 N–H and O–H groups in total. The van der Waals surface area contributed by atoms with Crippen LogP contribution < -0.4 is 11.1 Å². The average molecular weight is 307 g/mol. The Morgan fingerprint density at radius 1 is 1.48 bits per heavy atom. The van der Waals surface area contributed by atoms with Gasteiger partial charge in [-0.15, -0.1) is 0 Å². The van der Waals surface area contributed by atoms with Gasteiger partial charge in [0, 0.05) is 11.6 Å². The van der Waals surface area contributed by atoms with E-state index in [1.54, 1.807) is 17.8 Å². The first-order valence-corrected chi connectivity index (χ1v) is 8.36. The first-order chi connectivity index (χ1) is 10.0. The lowest BCUT2D eigenvalue weighted by atomic mass is 10.2. The number of nitrogens with one attached hydrogen (secondary N) is 1. The molecule has 0 aliphatic rings. The molecule has 0 saturated heterocycles. The highest BCUT2D eigenvalue weighted by molar-refractivity contribution is 7.98. The van der Waals surface area contributed by atoms with Gasteiger partial charge >= 0.3 is 0 Å². The Kier molecular flexibility index (Phi) is 5.25. The van der Waals surface area contributed by atoms with Crippen molar-refractivity contribution in [1.29, 1.82) is 0 Å². The molecule has 2 rings (SSSR count). The van der Waals surface area contributed by atoms with Crippen LogP contribution >= 0.6 is 11.8 Å². The Morgan fingerprint density at radius 3 is 2.90 bits per heavy atom. The minimum atomic E-state index is -0.489. The van der Waals surface area contributed by atoms with Crippen LogP contribution in [0.1, 0.15) is 32.1 Å². The molecule has 0 aliphatic heterocycles. The van der Waals surface area contributed by atoms with Crippen LogP contribution in [-0.4, -0.2) is 28.9 Å². The van der Waals surface area contributed by atoms with E-state index < -0.39 is 6.04 Å². The summed E-state index contributed by atoms with van der Waals surface area (Å²) in [5, 5.41) is 2.83. The van der Waals surface area contributed by atoms with Crippen LogP contribution in [0.4, 0.5) is 5.69 Å². The fraction of sp³-hybridized carbons (Fsp3) is 0.467. The van der Waals surface area contributed by atoms with Crippen LogP contribution in [-0.2, 0) is 4.79 Å². The van der Waals surface area contributed by atoms with Gasteiger partial charge < -0.3 is 15.5 Å². The van der Waals surface area contributed by atoms with Gasteiger partial charge in [-0.2, -0.15) is 11.8 Å². The van der Waals surface area contributed by atoms with Crippen LogP contribution in [0.15, 0.2) is 22.6 Å². The number of nitrogens with two attached hydrogens (primary N) is 1. The maximum Gasteiger partial charge on any atom is 0.241 e. The van der Waals surface area contributed by atoms with Crippen molar-refractivity contribution in [3.05, 3.63) is 24.1 Å². The minimum Gasteiger partial charge on any atom is -0.440 e. The molecule has 0 radical (unpaired) electrons. The zero-order valence-corrected chi connectivity index (χ0v) is 13.4. The van der Waals surface area contributed by atoms with E-state index in [0.29, 0.717) is 18.0 Å². The lowest BCUT2D eigenvalue weighted by Crippen LogP contribution is -2.36. The van der Waals surface area contributed by atoms with E-state index in [4.69, 9.17) is 10.2 Å². The Hall–Kier alpha value is -1.53. The minimum absolute atomic E-state index is 0.170. The zero-order chi connectivity index (χ0) is 15.4. The quantitative estimate of drug-likeness (QED) is 0.857. The highest BCUT2D eigenvalue weighted by Crippen LogP contribution is 2.23. The topological polar surface area (TPSA) is 81.2 Å². The molecule has 1 atom stereocenters. The smallest absolute Gasteiger partial charge is 0.241 e. The largest absolute Gasteiger partial charge is 0.440 e. The van der Waals surface area contributed by atoms with Crippen LogP contribution in [0.2, 0.25) is 0 Å². The van der Waals surface area contributed by atoms with Crippen molar-refractivity contribution >= 4 is 34.5 Å². The third-order valence-corrected chi connectivity index (χ3v) is 3.78. The molecule has 1 heterocycles. The number of hydrogen-bond donors (Lipinski definition) is 2. The van der Waals surface area contributed by atoms with E-state index in [2.05, 4.69) is 10.3 Å². The van der Waals surface area contributed by atoms with Gasteiger partial charge in [0.2, 0.25) is 5.91 Å². The van der Waals surface area contributed by atoms with Gasteiger partial charge in [-0.3, -0.25) is 4.79 Å². The van der Waals surface area contributed by atoms with Gasteiger partial charge in [0.05, 0.1) is 6.04 Å². The second kappa shape index (κ2) is 6.95. The van der Waals surface area contributed by atoms with Crippen LogP contribution in [0.25, 0.3) is 11.1 Å². The van der Waals surface area contributed by atoms with E-state index in [9.17, 15) is 4.79 Å². The zero-order valence-electron chi connectivity index (χ0n) is 12.6. The number of hydrogen-bond acceptors (Lipinski definition) is 5. The number of benzene rings is 1. The number of anilines is 1. The van der Waals surface area contributed by atoms with E-state index in [0.717, 1.165) is 16.9 Å². The van der Waals surface area contributed by atoms with Crippen LogP contribution in [0.3, 0.4) is 0 Å². The molecule has 21 heavy (non-hydrogen) atoms. The summed E-state index contributed by atoms with van der Waals surface area (Å²) in [6, 6.07) is 4.94. The number of thioether (sulfide) groups is 1. The standard InChI is InChI=1S/C15H21N3O2S/c1-9(2)15-18-12-8-10(4-5-13(12)20-15)17-14(19)11(16)6-7-21-3/h4-5,8-9,11H,6-7,16H2,1-3H3,(H,17,19)/t11-/m0/s1. The Balaban J connectivity index is 2.10. The molecule has 2 aromatic rings. The Morgan fingerprint density at radius 2 is 2.24 bits per heavy atom. The predicted molar refractivity (Wildman–Crippen MR) is 87.7 cm³/mol. The van der Waals surface area contributed by atoms with Crippen LogP contribution in [0, 0.1) is 0 Å². The average Bonchev–Trinajstić information content (AvgIpc) is 2.88. The molecule has 1 aromatic heterocycles. The molecule has 6 heteroatoms. The van der Waals surface area contributed by atoms with Crippen molar-refractivity contribution in [3.8, 4) is 0 Å². The van der Waals surface area contributed by atoms with E-state index >= 15 is 0 Å². The van der Waals surface area contributed by atoms with E-state index in [-0.39, 0.29) is 11.8 Å². The molecule has 0 aliphatic carbocycles. The molecule has 0 saturated carbocycles. The number of oxazole rings is 1. The first-order valence-electron chi connectivity index (χ1n) is 6.97. The lowest BCUT2D eigenvalue weighted by molar-refractivity contribution is -0.117. The van der Waals surface area contributed by atoms with Crippen molar-refractivity contribution in [2.24, 2.45) is 5.73 Å². The molecule has 0 fully saturated rings. The monoisotopic (exact) mass is 307 g/mol. The predicted octanol–water partition coefficient (Wildman–Crippen LogP) is 2.97. The van der Waals surface area contributed by atoms with Crippen LogP contribution in [0.5, 0.6) is 0 Å². The van der Waals surface area contributed by atoms with Gasteiger partial charge in [-0.05, 0) is 36.6 Å². The number of nitrogens with zero attached hydrogens (tertiary/aromatic N) is 1. The number of carbonyl (C=O) groups excluding carboxylic acids is 1. The summed E-state index contributed by atoms with van der Waals surface area (Å²) < 4.78 is 5.64. The maximum atomic E-state index is 12.0. The number of fused-ring (bicyclic) bond motifs is 1. The second-order valence-electron chi connectivity index (χ2n) is 5.27. The Labute approximate surface area is 128 Å². The van der Waals surface area contributed by atoms with E-state index in [1.165, 1.54) is 0 Å². The third-order valence-electron chi connectivity index (χ3n) is 3.14. The fourth-order valence-corrected chi connectivity index (χ4v) is 2.37. The molecule has 5 nitrogen and oxygen atoms in total. The highest BCUT2D eigenvalue weighted by Gasteiger charge is 2.14. The number of carbonyl (C=O) groups is 1. The van der Waals surface area contributed by atoms with Gasteiger partial charge in [0.25, 0.3) is 0 Å². The van der Waals surface area contributed by atoms with Gasteiger partial charge in [0.1, 0.15) is 5.52 Å². The summed E-state index contributed by atoms with van der Waals surface area (Å²) in [6.07, 6.45) is 2.66. The summed E-state index contributed by atoms with van der Waals surface area (Å²) in [7, 11) is 0. The summed E-state index contributed by atoms with van der Waals surface area (Å²) >= 11 is 1.68. The summed E-state index contributed by atoms with van der Waals surface area (Å²) in [5.74, 6) is 1.63. The Bertz CT molecular complexity index is 624. The van der Waals surface area contributed by atoms with Crippen molar-refractivity contribution in [3.63, 3.8) is 0 Å². The van der Waals surface area contributed by atoms with Gasteiger partial charge in [-0.1, -0.05) is 13.8 Å². The maximum absolute atomic E-state index is 12.0. The van der Waals surface area contributed by atoms with Crippen molar-refractivity contribution in [1.82, 2.24) is 4.98 Å². The SMILES string of the molecule is CSCC[C@H](N)C(=O)Nc1ccc2oc(C(C)C)nc2c1. The third kappa shape index (κ3) is 3.98. The first kappa shape index (κ1) is 15.9. The molecular weight excluding hydrogens is 286 g/mol. The molecule has 1 amide bonds.